The van der Waals surface area contributed by atoms with Crippen LogP contribution >= 0.6 is 0 Å². The third-order valence-corrected chi connectivity index (χ3v) is 3.15. The average molecular weight is 286 g/mol. The van der Waals surface area contributed by atoms with Gasteiger partial charge in [-0.3, -0.25) is 4.79 Å². The summed E-state index contributed by atoms with van der Waals surface area (Å²) in [7, 11) is 0. The van der Waals surface area contributed by atoms with Crippen LogP contribution in [0.2, 0.25) is 0 Å². The van der Waals surface area contributed by atoms with Crippen LogP contribution in [0.25, 0.3) is 11.1 Å². The van der Waals surface area contributed by atoms with E-state index in [2.05, 4.69) is 16.8 Å². The highest BCUT2D eigenvalue weighted by Crippen LogP contribution is 2.24. The van der Waals surface area contributed by atoms with Gasteiger partial charge in [-0.15, -0.1) is 0 Å². The Hall–Kier alpha value is -3.37. The van der Waals surface area contributed by atoms with Gasteiger partial charge in [0.05, 0.1) is 0 Å². The molecular weight excluding hydrogens is 276 g/mol. The molecule has 0 aliphatic carbocycles. The summed E-state index contributed by atoms with van der Waals surface area (Å²) in [5.41, 5.74) is 1.74. The molecule has 0 saturated heterocycles. The molecule has 1 heterocycles. The Bertz CT molecular complexity index is 891. The number of carbonyl (C=O) groups is 1. The Morgan fingerprint density at radius 3 is 2.55 bits per heavy atom. The minimum atomic E-state index is -0.894. The summed E-state index contributed by atoms with van der Waals surface area (Å²) in [5, 5.41) is 8.67. The molecule has 0 N–H and O–H groups in total. The molecule has 4 heteroatoms. The quantitative estimate of drug-likeness (QED) is 0.547. The standard InChI is InChI=1S/C18H10N2O2/c19-12-6-9-14(17(21)13-7-2-1-3-8-13)18-20-15-10-4-5-11-16(15)22-18/h1-5,7-8,10-11,14H. The van der Waals surface area contributed by atoms with E-state index in [9.17, 15) is 4.79 Å². The molecule has 0 radical (unpaired) electrons. The number of ketones is 1. The number of hydrogen-bond acceptors (Lipinski definition) is 4. The highest BCUT2D eigenvalue weighted by molar-refractivity contribution is 6.02. The lowest BCUT2D eigenvalue weighted by Gasteiger charge is -2.05. The van der Waals surface area contributed by atoms with Crippen LogP contribution in [-0.2, 0) is 0 Å². The number of benzene rings is 2. The molecule has 3 aromatic rings. The van der Waals surface area contributed by atoms with Crippen molar-refractivity contribution in [2.45, 2.75) is 5.92 Å². The molecule has 0 bridgehead atoms. The van der Waals surface area contributed by atoms with Gasteiger partial charge < -0.3 is 4.42 Å². The molecule has 0 aliphatic heterocycles. The van der Waals surface area contributed by atoms with Crippen molar-refractivity contribution in [3.8, 4) is 17.9 Å². The summed E-state index contributed by atoms with van der Waals surface area (Å²) in [6, 6.07) is 17.7. The topological polar surface area (TPSA) is 66.9 Å². The van der Waals surface area contributed by atoms with Gasteiger partial charge >= 0.3 is 0 Å². The van der Waals surface area contributed by atoms with Gasteiger partial charge in [0.1, 0.15) is 5.52 Å². The zero-order chi connectivity index (χ0) is 15.4. The van der Waals surface area contributed by atoms with E-state index in [4.69, 9.17) is 9.68 Å². The lowest BCUT2D eigenvalue weighted by atomic mass is 9.98. The number of Topliss-reactive ketones (excluding diaryl/α,β-unsaturated/α-hetero) is 1. The second-order valence-electron chi connectivity index (χ2n) is 4.56. The fraction of sp³-hybridized carbons (Fsp3) is 0.0556. The number of para-hydroxylation sites is 2. The zero-order valence-electron chi connectivity index (χ0n) is 11.5. The maximum absolute atomic E-state index is 12.6. The lowest BCUT2D eigenvalue weighted by molar-refractivity contribution is 0.0971. The van der Waals surface area contributed by atoms with Crippen molar-refractivity contribution in [2.75, 3.05) is 0 Å². The normalized spacial score (nSPS) is 11.2. The maximum atomic E-state index is 12.6. The zero-order valence-corrected chi connectivity index (χ0v) is 11.5. The Kier molecular flexibility index (Phi) is 3.68. The highest BCUT2D eigenvalue weighted by Gasteiger charge is 2.25. The molecule has 2 aromatic carbocycles. The van der Waals surface area contributed by atoms with Crippen LogP contribution < -0.4 is 0 Å². The van der Waals surface area contributed by atoms with E-state index in [0.717, 1.165) is 0 Å². The SMILES string of the molecule is N#CC#CC(C(=O)c1ccccc1)c1nc2ccccc2o1. The third-order valence-electron chi connectivity index (χ3n) is 3.15. The molecule has 3 rings (SSSR count). The van der Waals surface area contributed by atoms with Gasteiger partial charge in [0.25, 0.3) is 0 Å². The van der Waals surface area contributed by atoms with Crippen LogP contribution in [0, 0.1) is 23.2 Å². The van der Waals surface area contributed by atoms with Crippen molar-refractivity contribution in [1.29, 1.82) is 5.26 Å². The number of carbonyl (C=O) groups excluding carboxylic acids is 1. The van der Waals surface area contributed by atoms with Crippen LogP contribution in [-0.4, -0.2) is 10.8 Å². The number of hydrogen-bond donors (Lipinski definition) is 0. The third kappa shape index (κ3) is 2.59. The molecule has 0 fully saturated rings. The summed E-state index contributed by atoms with van der Waals surface area (Å²) >= 11 is 0. The number of rotatable bonds is 3. The van der Waals surface area contributed by atoms with Gasteiger partial charge in [-0.25, -0.2) is 4.98 Å². The Morgan fingerprint density at radius 2 is 1.82 bits per heavy atom. The average Bonchev–Trinajstić information content (AvgIpc) is 2.99. The predicted octanol–water partition coefficient (Wildman–Crippen LogP) is 3.32. The first-order valence-electron chi connectivity index (χ1n) is 6.64. The predicted molar refractivity (Wildman–Crippen MR) is 80.9 cm³/mol. The first-order chi connectivity index (χ1) is 10.8. The van der Waals surface area contributed by atoms with Crippen molar-refractivity contribution < 1.29 is 9.21 Å². The van der Waals surface area contributed by atoms with E-state index < -0.39 is 5.92 Å². The van der Waals surface area contributed by atoms with Crippen molar-refractivity contribution >= 4 is 16.9 Å². The van der Waals surface area contributed by atoms with Gasteiger partial charge in [0, 0.05) is 11.5 Å². The van der Waals surface area contributed by atoms with Crippen molar-refractivity contribution in [3.63, 3.8) is 0 Å². The molecule has 0 aliphatic rings. The van der Waals surface area contributed by atoms with E-state index in [1.807, 2.05) is 18.2 Å². The minimum absolute atomic E-state index is 0.206. The minimum Gasteiger partial charge on any atom is -0.439 e. The molecule has 1 unspecified atom stereocenters. The summed E-state index contributed by atoms with van der Waals surface area (Å²) in [6.45, 7) is 0. The number of fused-ring (bicyclic) bond motifs is 1. The number of nitriles is 1. The molecule has 22 heavy (non-hydrogen) atoms. The van der Waals surface area contributed by atoms with E-state index in [-0.39, 0.29) is 11.7 Å². The molecule has 0 saturated carbocycles. The molecule has 0 amide bonds. The first kappa shape index (κ1) is 13.6. The summed E-state index contributed by atoms with van der Waals surface area (Å²) < 4.78 is 5.63. The smallest absolute Gasteiger partial charge is 0.218 e. The molecule has 4 nitrogen and oxygen atoms in total. The van der Waals surface area contributed by atoms with Gasteiger partial charge in [0.2, 0.25) is 5.89 Å². The Morgan fingerprint density at radius 1 is 1.09 bits per heavy atom. The molecule has 0 spiro atoms. The van der Waals surface area contributed by atoms with Crippen LogP contribution in [0.3, 0.4) is 0 Å². The summed E-state index contributed by atoms with van der Waals surface area (Å²) in [4.78, 5) is 16.9. The lowest BCUT2D eigenvalue weighted by Crippen LogP contribution is -2.11. The number of aromatic nitrogens is 1. The number of nitrogens with zero attached hydrogens (tertiary/aromatic N) is 2. The molecular formula is C18H10N2O2. The van der Waals surface area contributed by atoms with Gasteiger partial charge in [0.15, 0.2) is 23.4 Å². The molecule has 1 atom stereocenters. The van der Waals surface area contributed by atoms with Crippen molar-refractivity contribution in [3.05, 3.63) is 66.1 Å². The van der Waals surface area contributed by atoms with Gasteiger partial charge in [-0.1, -0.05) is 48.4 Å². The highest BCUT2D eigenvalue weighted by atomic mass is 16.3. The van der Waals surface area contributed by atoms with Gasteiger partial charge in [-0.2, -0.15) is 5.26 Å². The molecule has 1 aromatic heterocycles. The number of oxazole rings is 1. The van der Waals surface area contributed by atoms with E-state index in [0.29, 0.717) is 16.7 Å². The van der Waals surface area contributed by atoms with Crippen molar-refractivity contribution in [2.24, 2.45) is 0 Å². The molecule has 104 valence electrons. The maximum Gasteiger partial charge on any atom is 0.218 e. The summed E-state index contributed by atoms with van der Waals surface area (Å²) in [5.74, 6) is 3.98. The fourth-order valence-electron chi connectivity index (χ4n) is 2.13. The summed E-state index contributed by atoms with van der Waals surface area (Å²) in [6.07, 6.45) is 0. The monoisotopic (exact) mass is 286 g/mol. The Balaban J connectivity index is 2.07. The van der Waals surface area contributed by atoms with E-state index in [1.165, 1.54) is 0 Å². The first-order valence-corrected chi connectivity index (χ1v) is 6.64. The second-order valence-corrected chi connectivity index (χ2v) is 4.56. The van der Waals surface area contributed by atoms with Crippen LogP contribution in [0.1, 0.15) is 22.2 Å². The van der Waals surface area contributed by atoms with Crippen LogP contribution in [0.4, 0.5) is 0 Å². The fourth-order valence-corrected chi connectivity index (χ4v) is 2.13. The van der Waals surface area contributed by atoms with Crippen LogP contribution in [0.15, 0.2) is 59.0 Å². The largest absolute Gasteiger partial charge is 0.439 e. The van der Waals surface area contributed by atoms with E-state index >= 15 is 0 Å². The van der Waals surface area contributed by atoms with E-state index in [1.54, 1.807) is 42.5 Å². The van der Waals surface area contributed by atoms with Gasteiger partial charge in [-0.05, 0) is 12.1 Å². The van der Waals surface area contributed by atoms with Crippen molar-refractivity contribution in [1.82, 2.24) is 4.98 Å². The van der Waals surface area contributed by atoms with Crippen LogP contribution in [0.5, 0.6) is 0 Å². The Labute approximate surface area is 127 Å². The second kappa shape index (κ2) is 5.95.